The number of carbonyl (C=O) groups excluding carboxylic acids is 3. The van der Waals surface area contributed by atoms with E-state index in [0.29, 0.717) is 19.4 Å². The normalized spacial score (nSPS) is 13.0. The number of nitrogens with one attached hydrogen (secondary N) is 2. The topological polar surface area (TPSA) is 191 Å². The third-order valence-corrected chi connectivity index (χ3v) is 3.03. The summed E-state index contributed by atoms with van der Waals surface area (Å²) in [5.41, 5.74) is 16.1. The molecule has 10 heteroatoms. The number of carbonyl (C=O) groups is 4. The van der Waals surface area contributed by atoms with E-state index in [2.05, 4.69) is 10.6 Å². The summed E-state index contributed by atoms with van der Waals surface area (Å²) in [7, 11) is 0. The molecule has 0 unspecified atom stereocenters. The van der Waals surface area contributed by atoms with Crippen LogP contribution in [0.3, 0.4) is 0 Å². The lowest BCUT2D eigenvalue weighted by Gasteiger charge is -2.20. The van der Waals surface area contributed by atoms with Crippen LogP contribution in [0.15, 0.2) is 0 Å². The lowest BCUT2D eigenvalue weighted by molar-refractivity contribution is -0.138. The van der Waals surface area contributed by atoms with Crippen molar-refractivity contribution in [3.63, 3.8) is 0 Å². The first-order valence-corrected chi connectivity index (χ1v) is 7.31. The van der Waals surface area contributed by atoms with E-state index in [1.54, 1.807) is 0 Å². The summed E-state index contributed by atoms with van der Waals surface area (Å²) in [5, 5.41) is 13.1. The van der Waals surface area contributed by atoms with Crippen molar-refractivity contribution in [1.29, 1.82) is 0 Å². The van der Waals surface area contributed by atoms with Crippen molar-refractivity contribution in [2.24, 2.45) is 17.2 Å². The Morgan fingerprint density at radius 1 is 1.04 bits per heavy atom. The van der Waals surface area contributed by atoms with Gasteiger partial charge in [-0.25, -0.2) is 0 Å². The summed E-state index contributed by atoms with van der Waals surface area (Å²) in [6, 6.07) is -1.89. The standard InChI is InChI=1S/C13H25N5O5/c14-6-2-1-3-8(15)12(22)18-9(4-5-10(16)19)13(23)17-7-11(20)21/h8-9H,1-7,14-15H2,(H2,16,19)(H,17,23)(H,18,22)(H,20,21)/t8-,9-/m0/s1. The van der Waals surface area contributed by atoms with Gasteiger partial charge in [0.15, 0.2) is 0 Å². The third kappa shape index (κ3) is 10.2. The second kappa shape index (κ2) is 11.4. The van der Waals surface area contributed by atoms with Crippen LogP contribution in [0, 0.1) is 0 Å². The van der Waals surface area contributed by atoms with Gasteiger partial charge in [0.25, 0.3) is 0 Å². The van der Waals surface area contributed by atoms with Crippen molar-refractivity contribution in [2.75, 3.05) is 13.1 Å². The number of primary amides is 1. The Morgan fingerprint density at radius 3 is 2.22 bits per heavy atom. The number of hydrogen-bond donors (Lipinski definition) is 6. The molecule has 132 valence electrons. The van der Waals surface area contributed by atoms with Crippen LogP contribution >= 0.6 is 0 Å². The molecule has 0 saturated heterocycles. The molecule has 0 aromatic rings. The number of nitrogens with two attached hydrogens (primary N) is 3. The van der Waals surface area contributed by atoms with Gasteiger partial charge in [-0.1, -0.05) is 6.42 Å². The first kappa shape index (κ1) is 20.8. The number of carboxylic acid groups (broad SMARTS) is 1. The zero-order valence-corrected chi connectivity index (χ0v) is 12.9. The van der Waals surface area contributed by atoms with Crippen LogP contribution < -0.4 is 27.8 Å². The molecule has 0 rings (SSSR count). The van der Waals surface area contributed by atoms with Crippen LogP contribution in [0.4, 0.5) is 0 Å². The van der Waals surface area contributed by atoms with E-state index in [-0.39, 0.29) is 12.8 Å². The third-order valence-electron chi connectivity index (χ3n) is 3.03. The first-order valence-electron chi connectivity index (χ1n) is 7.31. The maximum Gasteiger partial charge on any atom is 0.322 e. The molecule has 0 aromatic heterocycles. The maximum atomic E-state index is 12.0. The largest absolute Gasteiger partial charge is 0.480 e. The summed E-state index contributed by atoms with van der Waals surface area (Å²) >= 11 is 0. The lowest BCUT2D eigenvalue weighted by atomic mass is 10.1. The highest BCUT2D eigenvalue weighted by molar-refractivity contribution is 5.91. The smallest absolute Gasteiger partial charge is 0.322 e. The fraction of sp³-hybridized carbons (Fsp3) is 0.692. The molecule has 0 radical (unpaired) electrons. The van der Waals surface area contributed by atoms with E-state index in [0.717, 1.165) is 6.42 Å². The van der Waals surface area contributed by atoms with Crippen molar-refractivity contribution in [2.45, 2.75) is 44.2 Å². The van der Waals surface area contributed by atoms with E-state index in [1.165, 1.54) is 0 Å². The molecular weight excluding hydrogens is 306 g/mol. The molecule has 3 amide bonds. The summed E-state index contributed by atoms with van der Waals surface area (Å²) < 4.78 is 0. The molecule has 10 nitrogen and oxygen atoms in total. The Hall–Kier alpha value is -2.20. The monoisotopic (exact) mass is 331 g/mol. The quantitative estimate of drug-likeness (QED) is 0.211. The fourth-order valence-electron chi connectivity index (χ4n) is 1.76. The van der Waals surface area contributed by atoms with Crippen molar-refractivity contribution in [1.82, 2.24) is 10.6 Å². The van der Waals surface area contributed by atoms with Gasteiger partial charge in [-0.15, -0.1) is 0 Å². The van der Waals surface area contributed by atoms with Gasteiger partial charge < -0.3 is 32.9 Å². The van der Waals surface area contributed by atoms with E-state index >= 15 is 0 Å². The Morgan fingerprint density at radius 2 is 1.70 bits per heavy atom. The highest BCUT2D eigenvalue weighted by atomic mass is 16.4. The fourth-order valence-corrected chi connectivity index (χ4v) is 1.76. The van der Waals surface area contributed by atoms with Crippen LogP contribution in [-0.2, 0) is 19.2 Å². The van der Waals surface area contributed by atoms with E-state index in [4.69, 9.17) is 22.3 Å². The second-order valence-electron chi connectivity index (χ2n) is 5.07. The molecule has 0 aliphatic rings. The molecule has 9 N–H and O–H groups in total. The van der Waals surface area contributed by atoms with Crippen LogP contribution in [-0.4, -0.2) is 54.0 Å². The molecule has 2 atom stereocenters. The average Bonchev–Trinajstić information content (AvgIpc) is 2.48. The predicted molar refractivity (Wildman–Crippen MR) is 81.9 cm³/mol. The SMILES string of the molecule is NCCCC[C@H](N)C(=O)N[C@@H](CCC(N)=O)C(=O)NCC(=O)O. The van der Waals surface area contributed by atoms with Gasteiger partial charge in [-0.3, -0.25) is 19.2 Å². The van der Waals surface area contributed by atoms with E-state index < -0.39 is 42.3 Å². The van der Waals surface area contributed by atoms with Gasteiger partial charge in [0.2, 0.25) is 17.7 Å². The summed E-state index contributed by atoms with van der Waals surface area (Å²) in [6.45, 7) is -0.0997. The highest BCUT2D eigenvalue weighted by Gasteiger charge is 2.24. The van der Waals surface area contributed by atoms with Gasteiger partial charge in [-0.2, -0.15) is 0 Å². The van der Waals surface area contributed by atoms with Gasteiger partial charge in [-0.05, 0) is 25.8 Å². The van der Waals surface area contributed by atoms with Gasteiger partial charge in [0.1, 0.15) is 12.6 Å². The van der Waals surface area contributed by atoms with E-state index in [9.17, 15) is 19.2 Å². The molecule has 23 heavy (non-hydrogen) atoms. The number of unbranched alkanes of at least 4 members (excludes halogenated alkanes) is 1. The number of hydrogen-bond acceptors (Lipinski definition) is 6. The highest BCUT2D eigenvalue weighted by Crippen LogP contribution is 2.02. The van der Waals surface area contributed by atoms with Crippen LogP contribution in [0.5, 0.6) is 0 Å². The molecule has 0 bridgehead atoms. The minimum Gasteiger partial charge on any atom is -0.480 e. The van der Waals surface area contributed by atoms with Crippen molar-refractivity contribution < 1.29 is 24.3 Å². The van der Waals surface area contributed by atoms with Crippen LogP contribution in [0.25, 0.3) is 0 Å². The number of amides is 3. The van der Waals surface area contributed by atoms with Gasteiger partial charge >= 0.3 is 5.97 Å². The predicted octanol–water partition coefficient (Wildman–Crippen LogP) is -2.61. The summed E-state index contributed by atoms with van der Waals surface area (Å²) in [6.07, 6.45) is 1.63. The van der Waals surface area contributed by atoms with Crippen LogP contribution in [0.2, 0.25) is 0 Å². The number of carboxylic acids is 1. The maximum absolute atomic E-state index is 12.0. The molecule has 0 aromatic carbocycles. The minimum atomic E-state index is -1.23. The zero-order chi connectivity index (χ0) is 17.8. The lowest BCUT2D eigenvalue weighted by Crippen LogP contribution is -2.52. The molecule has 0 fully saturated rings. The van der Waals surface area contributed by atoms with Gasteiger partial charge in [0.05, 0.1) is 6.04 Å². The van der Waals surface area contributed by atoms with Crippen LogP contribution in [0.1, 0.15) is 32.1 Å². The molecule has 0 saturated carbocycles. The molecule has 0 aliphatic carbocycles. The van der Waals surface area contributed by atoms with E-state index in [1.807, 2.05) is 0 Å². The molecule has 0 heterocycles. The summed E-state index contributed by atoms with van der Waals surface area (Å²) in [5.74, 6) is -3.13. The molecular formula is C13H25N5O5. The average molecular weight is 331 g/mol. The van der Waals surface area contributed by atoms with Gasteiger partial charge in [0, 0.05) is 6.42 Å². The minimum absolute atomic E-state index is 0.0396. The van der Waals surface area contributed by atoms with Crippen molar-refractivity contribution in [3.05, 3.63) is 0 Å². The Bertz CT molecular complexity index is 429. The number of aliphatic carboxylic acids is 1. The Kier molecular flexibility index (Phi) is 10.3. The Labute approximate surface area is 134 Å². The molecule has 0 spiro atoms. The van der Waals surface area contributed by atoms with Crippen molar-refractivity contribution >= 4 is 23.7 Å². The second-order valence-corrected chi connectivity index (χ2v) is 5.07. The number of rotatable bonds is 12. The molecule has 0 aliphatic heterocycles. The Balaban J connectivity index is 4.59. The zero-order valence-electron chi connectivity index (χ0n) is 12.9. The van der Waals surface area contributed by atoms with Crippen molar-refractivity contribution in [3.8, 4) is 0 Å². The first-order chi connectivity index (χ1) is 10.8. The summed E-state index contributed by atoms with van der Waals surface area (Å²) in [4.78, 5) is 45.1.